The molecule has 4 aromatic carbocycles. The lowest BCUT2D eigenvalue weighted by molar-refractivity contribution is -0.143. The Kier molecular flexibility index (Phi) is 9.78. The molecule has 0 spiro atoms. The van der Waals surface area contributed by atoms with Crippen molar-refractivity contribution < 1.29 is 23.8 Å². The summed E-state index contributed by atoms with van der Waals surface area (Å²) in [6.07, 6.45) is -0.209. The van der Waals surface area contributed by atoms with Crippen molar-refractivity contribution in [3.63, 3.8) is 0 Å². The highest BCUT2D eigenvalue weighted by molar-refractivity contribution is 6.42. The fourth-order valence-electron chi connectivity index (χ4n) is 7.56. The summed E-state index contributed by atoms with van der Waals surface area (Å²) in [5.74, 6) is -3.32. The molecule has 0 aromatic heterocycles. The van der Waals surface area contributed by atoms with Crippen LogP contribution in [0.4, 0.5) is 9.18 Å². The molecular formula is C38H36Cl3FN2O4. The van der Waals surface area contributed by atoms with Gasteiger partial charge in [0.05, 0.1) is 16.7 Å². The second kappa shape index (κ2) is 13.7. The number of fused-ring (bicyclic) bond motifs is 3. The minimum absolute atomic E-state index is 0.104. The van der Waals surface area contributed by atoms with Gasteiger partial charge < -0.3 is 15.2 Å². The van der Waals surface area contributed by atoms with Gasteiger partial charge in [0.15, 0.2) is 0 Å². The highest BCUT2D eigenvalue weighted by Crippen LogP contribution is 2.53. The van der Waals surface area contributed by atoms with Gasteiger partial charge in [-0.05, 0) is 63.4 Å². The van der Waals surface area contributed by atoms with E-state index in [0.29, 0.717) is 17.5 Å². The second-order valence-electron chi connectivity index (χ2n) is 13.7. The Morgan fingerprint density at radius 3 is 2.08 bits per heavy atom. The van der Waals surface area contributed by atoms with Crippen LogP contribution in [-0.2, 0) is 9.53 Å². The number of rotatable bonds is 8. The lowest BCUT2D eigenvalue weighted by atomic mass is 9.74. The molecule has 10 heteroatoms. The number of hydrogen-bond acceptors (Lipinski definition) is 4. The molecule has 2 N–H and O–H groups in total. The van der Waals surface area contributed by atoms with E-state index in [1.54, 1.807) is 35.2 Å². The molecule has 0 bridgehead atoms. The van der Waals surface area contributed by atoms with Crippen molar-refractivity contribution in [1.82, 2.24) is 10.2 Å². The number of carboxylic acids is 1. The highest BCUT2D eigenvalue weighted by atomic mass is 35.5. The minimum Gasteiger partial charge on any atom is -0.480 e. The summed E-state index contributed by atoms with van der Waals surface area (Å²) in [4.78, 5) is 28.3. The fourth-order valence-corrected chi connectivity index (χ4v) is 8.15. The molecule has 1 heterocycles. The third-order valence-electron chi connectivity index (χ3n) is 9.41. The lowest BCUT2D eigenvalue weighted by Crippen LogP contribution is -2.49. The molecule has 1 aliphatic carbocycles. The molecule has 48 heavy (non-hydrogen) atoms. The first-order valence-corrected chi connectivity index (χ1v) is 17.0. The van der Waals surface area contributed by atoms with Crippen LogP contribution in [0.25, 0.3) is 11.1 Å². The SMILES string of the molecule is CC(C)(C)CC1C(c2ccc(Cl)cc2F)C(c2cccc(Cl)c2Cl)C(C(=O)O)N1CNC(=O)OCC1c2ccccc2-c2ccccc21. The number of halogens is 4. The molecule has 6 rings (SSSR count). The first-order chi connectivity index (χ1) is 22.9. The lowest BCUT2D eigenvalue weighted by Gasteiger charge is -2.35. The summed E-state index contributed by atoms with van der Waals surface area (Å²) in [5.41, 5.74) is 4.87. The van der Waals surface area contributed by atoms with E-state index in [-0.39, 0.29) is 39.7 Å². The summed E-state index contributed by atoms with van der Waals surface area (Å²) >= 11 is 19.3. The van der Waals surface area contributed by atoms with Gasteiger partial charge in [0.1, 0.15) is 18.5 Å². The Hall–Kier alpha value is -3.62. The maximum Gasteiger partial charge on any atom is 0.408 e. The summed E-state index contributed by atoms with van der Waals surface area (Å²) in [6, 6.07) is 23.9. The number of benzene rings is 4. The van der Waals surface area contributed by atoms with E-state index in [0.717, 1.165) is 22.3 Å². The molecule has 1 fully saturated rings. The average Bonchev–Trinajstić information content (AvgIpc) is 3.52. The Morgan fingerprint density at radius 2 is 1.48 bits per heavy atom. The molecule has 1 aliphatic heterocycles. The van der Waals surface area contributed by atoms with Crippen LogP contribution in [0.5, 0.6) is 0 Å². The molecule has 1 saturated heterocycles. The van der Waals surface area contributed by atoms with Gasteiger partial charge >= 0.3 is 12.1 Å². The van der Waals surface area contributed by atoms with E-state index in [1.807, 2.05) is 57.2 Å². The first-order valence-electron chi connectivity index (χ1n) is 15.8. The van der Waals surface area contributed by atoms with E-state index < -0.39 is 41.8 Å². The van der Waals surface area contributed by atoms with E-state index in [2.05, 4.69) is 17.4 Å². The van der Waals surface area contributed by atoms with Crippen molar-refractivity contribution in [3.05, 3.63) is 128 Å². The van der Waals surface area contributed by atoms with Gasteiger partial charge in [0.2, 0.25) is 0 Å². The summed E-state index contributed by atoms with van der Waals surface area (Å²) < 4.78 is 21.6. The minimum atomic E-state index is -1.19. The van der Waals surface area contributed by atoms with Gasteiger partial charge in [0.25, 0.3) is 0 Å². The van der Waals surface area contributed by atoms with Crippen LogP contribution in [0.3, 0.4) is 0 Å². The van der Waals surface area contributed by atoms with Crippen LogP contribution in [0.1, 0.15) is 67.2 Å². The van der Waals surface area contributed by atoms with Gasteiger partial charge in [-0.25, -0.2) is 9.18 Å². The van der Waals surface area contributed by atoms with Crippen molar-refractivity contribution in [1.29, 1.82) is 0 Å². The molecule has 2 aliphatic rings. The van der Waals surface area contributed by atoms with Crippen molar-refractivity contribution in [3.8, 4) is 11.1 Å². The van der Waals surface area contributed by atoms with Crippen LogP contribution in [0, 0.1) is 11.2 Å². The molecule has 1 amide bonds. The van der Waals surface area contributed by atoms with E-state index in [9.17, 15) is 14.7 Å². The third kappa shape index (κ3) is 6.66. The number of carboxylic acid groups (broad SMARTS) is 1. The monoisotopic (exact) mass is 708 g/mol. The molecule has 4 unspecified atom stereocenters. The topological polar surface area (TPSA) is 78.9 Å². The maximum atomic E-state index is 15.8. The first kappa shape index (κ1) is 34.3. The number of amides is 1. The largest absolute Gasteiger partial charge is 0.480 e. The molecule has 6 nitrogen and oxygen atoms in total. The van der Waals surface area contributed by atoms with Crippen LogP contribution in [-0.4, -0.2) is 47.4 Å². The number of hydrogen-bond donors (Lipinski definition) is 2. The molecule has 4 aromatic rings. The smallest absolute Gasteiger partial charge is 0.408 e. The predicted octanol–water partition coefficient (Wildman–Crippen LogP) is 9.72. The van der Waals surface area contributed by atoms with Gasteiger partial charge in [0, 0.05) is 28.8 Å². The number of aliphatic carboxylic acids is 1. The maximum absolute atomic E-state index is 15.8. The Bertz CT molecular complexity index is 1820. The fraction of sp³-hybridized carbons (Fsp3) is 0.316. The average molecular weight is 710 g/mol. The van der Waals surface area contributed by atoms with Crippen molar-refractivity contribution in [2.24, 2.45) is 5.41 Å². The zero-order valence-electron chi connectivity index (χ0n) is 26.7. The summed E-state index contributed by atoms with van der Waals surface area (Å²) in [7, 11) is 0. The Balaban J connectivity index is 1.32. The summed E-state index contributed by atoms with van der Waals surface area (Å²) in [6.45, 7) is 6.06. The van der Waals surface area contributed by atoms with E-state index >= 15 is 4.39 Å². The number of likely N-dealkylation sites (tertiary alicyclic amines) is 1. The van der Waals surface area contributed by atoms with Crippen LogP contribution >= 0.6 is 34.8 Å². The Labute approximate surface area is 294 Å². The summed E-state index contributed by atoms with van der Waals surface area (Å²) in [5, 5.41) is 14.3. The number of nitrogens with one attached hydrogen (secondary N) is 1. The van der Waals surface area contributed by atoms with Gasteiger partial charge in [-0.15, -0.1) is 0 Å². The zero-order valence-corrected chi connectivity index (χ0v) is 29.0. The van der Waals surface area contributed by atoms with Crippen molar-refractivity contribution in [2.45, 2.75) is 57.0 Å². The number of nitrogens with zero attached hydrogens (tertiary/aromatic N) is 1. The molecule has 0 saturated carbocycles. The quantitative estimate of drug-likeness (QED) is 0.191. The van der Waals surface area contributed by atoms with Crippen LogP contribution < -0.4 is 5.32 Å². The molecule has 250 valence electrons. The standard InChI is InChI=1S/C38H36Cl3FN2O4/c1-38(2,3)18-31-32(26-16-15-21(39)17-30(26)42)33(27-13-8-14-29(40)34(27)41)35(36(45)46)44(31)20-43-37(47)48-19-28-24-11-6-4-9-22(24)23-10-5-7-12-25(23)28/h4-17,28,31-33,35H,18-20H2,1-3H3,(H,43,47)(H,45,46). The van der Waals surface area contributed by atoms with Crippen LogP contribution in [0.2, 0.25) is 15.1 Å². The van der Waals surface area contributed by atoms with Crippen molar-refractivity contribution in [2.75, 3.05) is 13.3 Å². The number of carbonyl (C=O) groups excluding carboxylic acids is 1. The van der Waals surface area contributed by atoms with Crippen LogP contribution in [0.15, 0.2) is 84.9 Å². The molecule has 4 atom stereocenters. The molecule has 0 radical (unpaired) electrons. The third-order valence-corrected chi connectivity index (χ3v) is 10.5. The van der Waals surface area contributed by atoms with Gasteiger partial charge in [-0.3, -0.25) is 9.69 Å². The predicted molar refractivity (Wildman–Crippen MR) is 188 cm³/mol. The zero-order chi connectivity index (χ0) is 34.3. The Morgan fingerprint density at radius 1 is 0.854 bits per heavy atom. The number of alkyl carbamates (subject to hydrolysis) is 1. The molecular weight excluding hydrogens is 674 g/mol. The van der Waals surface area contributed by atoms with E-state index in [4.69, 9.17) is 39.5 Å². The highest BCUT2D eigenvalue weighted by Gasteiger charge is 2.55. The van der Waals surface area contributed by atoms with E-state index in [1.165, 1.54) is 6.07 Å². The van der Waals surface area contributed by atoms with Gasteiger partial charge in [-0.1, -0.05) is 122 Å². The van der Waals surface area contributed by atoms with Gasteiger partial charge in [-0.2, -0.15) is 0 Å². The normalized spacial score (nSPS) is 20.7. The number of carbonyl (C=O) groups is 2. The number of ether oxygens (including phenoxy) is 1. The second-order valence-corrected chi connectivity index (χ2v) is 14.9. The van der Waals surface area contributed by atoms with Crippen molar-refractivity contribution >= 4 is 46.9 Å².